The van der Waals surface area contributed by atoms with Gasteiger partial charge in [0.25, 0.3) is 5.56 Å². The lowest BCUT2D eigenvalue weighted by molar-refractivity contribution is 0.415. The molecule has 8 nitrogen and oxygen atoms in total. The van der Waals surface area contributed by atoms with Crippen molar-refractivity contribution in [1.29, 1.82) is 0 Å². The number of halogens is 1. The molecule has 2 aromatic heterocycles. The topological polar surface area (TPSA) is 116 Å². The number of hydrogen-bond donors (Lipinski definition) is 2. The molecule has 0 amide bonds. The molecule has 0 unspecified atom stereocenters. The average molecular weight is 396 g/mol. The summed E-state index contributed by atoms with van der Waals surface area (Å²) in [6.07, 6.45) is 0. The van der Waals surface area contributed by atoms with Gasteiger partial charge >= 0.3 is 5.69 Å². The van der Waals surface area contributed by atoms with E-state index in [9.17, 15) is 9.59 Å². The van der Waals surface area contributed by atoms with Gasteiger partial charge in [-0.05, 0) is 48.5 Å². The summed E-state index contributed by atoms with van der Waals surface area (Å²) in [7, 11) is 1.56. The Morgan fingerprint density at radius 2 is 1.68 bits per heavy atom. The Hall–Kier alpha value is -3.65. The number of anilines is 1. The zero-order chi connectivity index (χ0) is 19.8. The molecule has 0 bridgehead atoms. The Morgan fingerprint density at radius 1 is 1.00 bits per heavy atom. The minimum absolute atomic E-state index is 0.0122. The molecule has 0 aliphatic carbocycles. The van der Waals surface area contributed by atoms with Gasteiger partial charge in [0.05, 0.1) is 12.8 Å². The standard InChI is InChI=1S/C19H14ClN5O3/c1-28-13-8-2-10(3-9-13)17-22-14-15(18(26)24-17)23-19(27)25(16(14)21)12-6-4-11(20)5-7-12/h2-9H,21H2,1H3,(H,22,24,26). The second-order valence-corrected chi connectivity index (χ2v) is 6.37. The number of nitrogens with one attached hydrogen (secondary N) is 1. The van der Waals surface area contributed by atoms with Gasteiger partial charge in [0.2, 0.25) is 0 Å². The molecule has 0 aliphatic rings. The maximum absolute atomic E-state index is 12.5. The van der Waals surface area contributed by atoms with E-state index in [2.05, 4.69) is 15.0 Å². The van der Waals surface area contributed by atoms with E-state index in [1.165, 1.54) is 4.57 Å². The highest BCUT2D eigenvalue weighted by Crippen LogP contribution is 2.22. The number of aromatic nitrogens is 4. The van der Waals surface area contributed by atoms with Crippen LogP contribution in [0.3, 0.4) is 0 Å². The van der Waals surface area contributed by atoms with Crippen molar-refractivity contribution >= 4 is 28.5 Å². The molecule has 2 aromatic carbocycles. The molecular formula is C19H14ClN5O3. The number of rotatable bonds is 3. The summed E-state index contributed by atoms with van der Waals surface area (Å²) in [6, 6.07) is 13.5. The van der Waals surface area contributed by atoms with Crippen molar-refractivity contribution in [3.8, 4) is 22.8 Å². The van der Waals surface area contributed by atoms with Crippen molar-refractivity contribution in [2.24, 2.45) is 0 Å². The fraction of sp³-hybridized carbons (Fsp3) is 0.0526. The van der Waals surface area contributed by atoms with Crippen molar-refractivity contribution in [2.75, 3.05) is 12.8 Å². The molecule has 0 aliphatic heterocycles. The SMILES string of the molecule is COc1ccc(-c2nc3c(N)n(-c4ccc(Cl)cc4)c(=O)nc3c(=O)[nH]2)cc1. The number of H-pyrrole nitrogens is 1. The van der Waals surface area contributed by atoms with Crippen LogP contribution in [0.2, 0.25) is 5.02 Å². The summed E-state index contributed by atoms with van der Waals surface area (Å²) in [5, 5.41) is 0.514. The van der Waals surface area contributed by atoms with Gasteiger partial charge in [0.15, 0.2) is 5.52 Å². The molecule has 0 saturated carbocycles. The zero-order valence-corrected chi connectivity index (χ0v) is 15.4. The van der Waals surface area contributed by atoms with Gasteiger partial charge in [-0.1, -0.05) is 11.6 Å². The second kappa shape index (κ2) is 6.82. The Morgan fingerprint density at radius 3 is 2.32 bits per heavy atom. The van der Waals surface area contributed by atoms with Crippen LogP contribution in [0.15, 0.2) is 58.1 Å². The number of nitrogens with zero attached hydrogens (tertiary/aromatic N) is 3. The minimum atomic E-state index is -0.684. The first-order valence-corrected chi connectivity index (χ1v) is 8.58. The molecule has 0 radical (unpaired) electrons. The summed E-state index contributed by atoms with van der Waals surface area (Å²) in [4.78, 5) is 35.9. The van der Waals surface area contributed by atoms with Gasteiger partial charge in [-0.25, -0.2) is 14.3 Å². The van der Waals surface area contributed by atoms with Crippen LogP contribution in [0.4, 0.5) is 5.82 Å². The van der Waals surface area contributed by atoms with Gasteiger partial charge in [-0.15, -0.1) is 0 Å². The summed E-state index contributed by atoms with van der Waals surface area (Å²) in [5.41, 5.74) is 6.10. The van der Waals surface area contributed by atoms with Crippen LogP contribution in [0.5, 0.6) is 5.75 Å². The van der Waals surface area contributed by atoms with Gasteiger partial charge in [-0.3, -0.25) is 4.79 Å². The normalized spacial score (nSPS) is 10.9. The number of methoxy groups -OCH3 is 1. The molecule has 3 N–H and O–H groups in total. The van der Waals surface area contributed by atoms with E-state index in [1.54, 1.807) is 55.6 Å². The molecule has 4 rings (SSSR count). The molecule has 28 heavy (non-hydrogen) atoms. The van der Waals surface area contributed by atoms with Gasteiger partial charge in [0, 0.05) is 10.6 Å². The van der Waals surface area contributed by atoms with E-state index in [-0.39, 0.29) is 16.9 Å². The van der Waals surface area contributed by atoms with E-state index in [0.29, 0.717) is 27.8 Å². The van der Waals surface area contributed by atoms with E-state index >= 15 is 0 Å². The molecular weight excluding hydrogens is 382 g/mol. The Labute approximate surface area is 163 Å². The maximum Gasteiger partial charge on any atom is 0.354 e. The lowest BCUT2D eigenvalue weighted by atomic mass is 10.2. The van der Waals surface area contributed by atoms with Crippen LogP contribution in [-0.2, 0) is 0 Å². The fourth-order valence-corrected chi connectivity index (χ4v) is 2.96. The summed E-state index contributed by atoms with van der Waals surface area (Å²) in [5.74, 6) is 0.984. The molecule has 0 fully saturated rings. The summed E-state index contributed by atoms with van der Waals surface area (Å²) >= 11 is 5.90. The largest absolute Gasteiger partial charge is 0.497 e. The third kappa shape index (κ3) is 2.99. The van der Waals surface area contributed by atoms with Gasteiger partial charge < -0.3 is 15.5 Å². The Kier molecular flexibility index (Phi) is 4.32. The van der Waals surface area contributed by atoms with Crippen LogP contribution < -0.4 is 21.7 Å². The number of hydrogen-bond acceptors (Lipinski definition) is 6. The predicted molar refractivity (Wildman–Crippen MR) is 107 cm³/mol. The Balaban J connectivity index is 1.96. The summed E-state index contributed by atoms with van der Waals surface area (Å²) < 4.78 is 6.32. The molecule has 0 saturated heterocycles. The number of fused-ring (bicyclic) bond motifs is 1. The highest BCUT2D eigenvalue weighted by molar-refractivity contribution is 6.30. The smallest absolute Gasteiger partial charge is 0.354 e. The maximum atomic E-state index is 12.5. The minimum Gasteiger partial charge on any atom is -0.497 e. The summed E-state index contributed by atoms with van der Waals surface area (Å²) in [6.45, 7) is 0. The van der Waals surface area contributed by atoms with Crippen LogP contribution in [0.25, 0.3) is 28.1 Å². The first-order valence-electron chi connectivity index (χ1n) is 8.21. The van der Waals surface area contributed by atoms with Crippen LogP contribution in [-0.4, -0.2) is 26.6 Å². The highest BCUT2D eigenvalue weighted by atomic mass is 35.5. The highest BCUT2D eigenvalue weighted by Gasteiger charge is 2.16. The fourth-order valence-electron chi connectivity index (χ4n) is 2.83. The number of ether oxygens (including phenoxy) is 1. The molecule has 140 valence electrons. The average Bonchev–Trinajstić information content (AvgIpc) is 2.70. The molecule has 0 atom stereocenters. The van der Waals surface area contributed by atoms with Crippen molar-refractivity contribution < 1.29 is 4.74 Å². The van der Waals surface area contributed by atoms with Crippen LogP contribution in [0.1, 0.15) is 0 Å². The van der Waals surface area contributed by atoms with Gasteiger partial charge in [-0.2, -0.15) is 4.98 Å². The molecule has 0 spiro atoms. The third-order valence-corrected chi connectivity index (χ3v) is 4.48. The number of benzene rings is 2. The van der Waals surface area contributed by atoms with Crippen molar-refractivity contribution in [3.05, 3.63) is 74.4 Å². The first kappa shape index (κ1) is 17.7. The number of aromatic amines is 1. The van der Waals surface area contributed by atoms with Crippen molar-refractivity contribution in [3.63, 3.8) is 0 Å². The quantitative estimate of drug-likeness (QED) is 0.550. The van der Waals surface area contributed by atoms with Crippen LogP contribution in [0, 0.1) is 0 Å². The monoisotopic (exact) mass is 395 g/mol. The van der Waals surface area contributed by atoms with E-state index in [4.69, 9.17) is 22.1 Å². The number of nitrogens with two attached hydrogens (primary N) is 1. The Bertz CT molecular complexity index is 1290. The van der Waals surface area contributed by atoms with E-state index in [0.717, 1.165) is 0 Å². The number of nitrogen functional groups attached to an aromatic ring is 1. The van der Waals surface area contributed by atoms with Crippen molar-refractivity contribution in [1.82, 2.24) is 19.5 Å². The molecule has 2 heterocycles. The van der Waals surface area contributed by atoms with Crippen molar-refractivity contribution in [2.45, 2.75) is 0 Å². The van der Waals surface area contributed by atoms with Crippen LogP contribution >= 0.6 is 11.6 Å². The lowest BCUT2D eigenvalue weighted by Gasteiger charge is -2.11. The molecule has 9 heteroatoms. The van der Waals surface area contributed by atoms with Gasteiger partial charge in [0.1, 0.15) is 22.9 Å². The lowest BCUT2D eigenvalue weighted by Crippen LogP contribution is -2.27. The first-order chi connectivity index (χ1) is 13.5. The predicted octanol–water partition coefficient (Wildman–Crippen LogP) is 2.38. The zero-order valence-electron chi connectivity index (χ0n) is 14.6. The second-order valence-electron chi connectivity index (χ2n) is 5.93. The molecule has 4 aromatic rings. The van der Waals surface area contributed by atoms with E-state index in [1.807, 2.05) is 0 Å². The third-order valence-electron chi connectivity index (χ3n) is 4.23. The van der Waals surface area contributed by atoms with E-state index < -0.39 is 11.2 Å².